The normalized spacial score (nSPS) is 14.6. The Labute approximate surface area is 171 Å². The maximum absolute atomic E-state index is 12.0. The lowest BCUT2D eigenvalue weighted by Crippen LogP contribution is -2.47. The SMILES string of the molecule is COc1ccccc1N1CCN(CCCNC(=O)Nc2ccccc2Cl)CC1. The summed E-state index contributed by atoms with van der Waals surface area (Å²) < 4.78 is 5.47. The van der Waals surface area contributed by atoms with Gasteiger partial charge in [-0.1, -0.05) is 35.9 Å². The van der Waals surface area contributed by atoms with E-state index in [0.29, 0.717) is 17.3 Å². The maximum atomic E-state index is 12.0. The van der Waals surface area contributed by atoms with Crippen LogP contribution in [0.2, 0.25) is 5.02 Å². The van der Waals surface area contributed by atoms with Crippen LogP contribution in [0.3, 0.4) is 0 Å². The summed E-state index contributed by atoms with van der Waals surface area (Å²) >= 11 is 6.05. The fourth-order valence-electron chi connectivity index (χ4n) is 3.34. The first-order chi connectivity index (χ1) is 13.7. The first kappa shape index (κ1) is 20.3. The molecule has 0 spiro atoms. The lowest BCUT2D eigenvalue weighted by Gasteiger charge is -2.36. The van der Waals surface area contributed by atoms with Crippen molar-refractivity contribution in [2.45, 2.75) is 6.42 Å². The fraction of sp³-hybridized carbons (Fsp3) is 0.381. The van der Waals surface area contributed by atoms with E-state index in [2.05, 4.69) is 26.5 Å². The zero-order valence-electron chi connectivity index (χ0n) is 16.2. The highest BCUT2D eigenvalue weighted by Crippen LogP contribution is 2.28. The van der Waals surface area contributed by atoms with E-state index in [1.54, 1.807) is 19.2 Å². The molecule has 1 aliphatic heterocycles. The number of carbonyl (C=O) groups excluding carboxylic acids is 1. The third-order valence-electron chi connectivity index (χ3n) is 4.86. The van der Waals surface area contributed by atoms with E-state index in [1.165, 1.54) is 0 Å². The number of urea groups is 1. The molecule has 0 bridgehead atoms. The molecule has 0 atom stereocenters. The number of rotatable bonds is 7. The number of benzene rings is 2. The molecule has 2 N–H and O–H groups in total. The molecule has 2 aromatic carbocycles. The van der Waals surface area contributed by atoms with Crippen molar-refractivity contribution in [2.24, 2.45) is 0 Å². The van der Waals surface area contributed by atoms with Crippen molar-refractivity contribution < 1.29 is 9.53 Å². The fourth-order valence-corrected chi connectivity index (χ4v) is 3.52. The summed E-state index contributed by atoms with van der Waals surface area (Å²) in [6.07, 6.45) is 0.907. The number of anilines is 2. The molecule has 0 aliphatic carbocycles. The monoisotopic (exact) mass is 402 g/mol. The van der Waals surface area contributed by atoms with Crippen LogP contribution in [0, 0.1) is 0 Å². The quantitative estimate of drug-likeness (QED) is 0.693. The Morgan fingerprint density at radius 2 is 1.79 bits per heavy atom. The number of nitrogens with one attached hydrogen (secondary N) is 2. The number of methoxy groups -OCH3 is 1. The zero-order valence-corrected chi connectivity index (χ0v) is 16.9. The van der Waals surface area contributed by atoms with Gasteiger partial charge in [0.2, 0.25) is 0 Å². The molecular weight excluding hydrogens is 376 g/mol. The molecule has 1 fully saturated rings. The van der Waals surface area contributed by atoms with E-state index in [1.807, 2.05) is 30.3 Å². The van der Waals surface area contributed by atoms with Crippen LogP contribution >= 0.6 is 11.6 Å². The van der Waals surface area contributed by atoms with Gasteiger partial charge in [-0.25, -0.2) is 4.79 Å². The smallest absolute Gasteiger partial charge is 0.319 e. The number of piperazine rings is 1. The summed E-state index contributed by atoms with van der Waals surface area (Å²) in [6.45, 7) is 5.55. The first-order valence-electron chi connectivity index (χ1n) is 9.57. The van der Waals surface area contributed by atoms with Crippen LogP contribution in [0.25, 0.3) is 0 Å². The number of ether oxygens (including phenoxy) is 1. The van der Waals surface area contributed by atoms with E-state index in [4.69, 9.17) is 16.3 Å². The standard InChI is InChI=1S/C21H27ClN4O2/c1-28-20-10-5-4-9-19(20)26-15-13-25(14-16-26)12-6-11-23-21(27)24-18-8-3-2-7-17(18)22/h2-5,7-10H,6,11-16H2,1H3,(H2,23,24,27). The van der Waals surface area contributed by atoms with Crippen LogP contribution in [0.5, 0.6) is 5.75 Å². The van der Waals surface area contributed by atoms with Gasteiger partial charge in [-0.15, -0.1) is 0 Å². The number of carbonyl (C=O) groups is 1. The van der Waals surface area contributed by atoms with Gasteiger partial charge in [-0.3, -0.25) is 4.90 Å². The van der Waals surface area contributed by atoms with Crippen LogP contribution < -0.4 is 20.3 Å². The topological polar surface area (TPSA) is 56.8 Å². The molecule has 2 amide bonds. The average molecular weight is 403 g/mol. The Balaban J connectivity index is 1.34. The van der Waals surface area contributed by atoms with Gasteiger partial charge in [-0.2, -0.15) is 0 Å². The summed E-state index contributed by atoms with van der Waals surface area (Å²) in [5.41, 5.74) is 1.77. The molecular formula is C21H27ClN4O2. The number of halogens is 1. The van der Waals surface area contributed by atoms with E-state index in [-0.39, 0.29) is 6.03 Å². The summed E-state index contributed by atoms with van der Waals surface area (Å²) in [5.74, 6) is 0.921. The van der Waals surface area contributed by atoms with Crippen molar-refractivity contribution in [2.75, 3.05) is 56.6 Å². The second kappa shape index (κ2) is 10.2. The van der Waals surface area contributed by atoms with Gasteiger partial charge in [0.15, 0.2) is 0 Å². The second-order valence-corrected chi connectivity index (χ2v) is 7.12. The molecule has 2 aromatic rings. The highest BCUT2D eigenvalue weighted by Gasteiger charge is 2.19. The number of para-hydroxylation sites is 3. The van der Waals surface area contributed by atoms with Crippen molar-refractivity contribution in [1.82, 2.24) is 10.2 Å². The van der Waals surface area contributed by atoms with Gasteiger partial charge >= 0.3 is 6.03 Å². The minimum Gasteiger partial charge on any atom is -0.495 e. The van der Waals surface area contributed by atoms with Crippen LogP contribution in [-0.2, 0) is 0 Å². The zero-order chi connectivity index (χ0) is 19.8. The molecule has 0 unspecified atom stereocenters. The highest BCUT2D eigenvalue weighted by molar-refractivity contribution is 6.33. The molecule has 7 heteroatoms. The largest absolute Gasteiger partial charge is 0.495 e. The molecule has 1 heterocycles. The van der Waals surface area contributed by atoms with Gasteiger partial charge < -0.3 is 20.3 Å². The van der Waals surface area contributed by atoms with Gasteiger partial charge in [-0.05, 0) is 37.2 Å². The van der Waals surface area contributed by atoms with Crippen LogP contribution in [-0.4, -0.2) is 57.3 Å². The number of hydrogen-bond acceptors (Lipinski definition) is 4. The van der Waals surface area contributed by atoms with Crippen molar-refractivity contribution in [3.05, 3.63) is 53.6 Å². The number of amides is 2. The Kier molecular flexibility index (Phi) is 7.39. The number of nitrogens with zero attached hydrogens (tertiary/aromatic N) is 2. The van der Waals surface area contributed by atoms with Crippen LogP contribution in [0.1, 0.15) is 6.42 Å². The Morgan fingerprint density at radius 1 is 1.07 bits per heavy atom. The highest BCUT2D eigenvalue weighted by atomic mass is 35.5. The molecule has 150 valence electrons. The second-order valence-electron chi connectivity index (χ2n) is 6.71. The van der Waals surface area contributed by atoms with E-state index in [9.17, 15) is 4.79 Å². The van der Waals surface area contributed by atoms with Crippen molar-refractivity contribution in [1.29, 1.82) is 0 Å². The molecule has 0 aromatic heterocycles. The van der Waals surface area contributed by atoms with E-state index in [0.717, 1.165) is 50.6 Å². The van der Waals surface area contributed by atoms with Gasteiger partial charge in [0, 0.05) is 32.7 Å². The Hall–Kier alpha value is -2.44. The summed E-state index contributed by atoms with van der Waals surface area (Å²) in [5, 5.41) is 6.19. The molecule has 6 nitrogen and oxygen atoms in total. The molecule has 3 rings (SSSR count). The van der Waals surface area contributed by atoms with Gasteiger partial charge in [0.25, 0.3) is 0 Å². The predicted molar refractivity (Wildman–Crippen MR) is 115 cm³/mol. The molecule has 0 saturated carbocycles. The summed E-state index contributed by atoms with van der Waals surface area (Å²) in [6, 6.07) is 15.1. The third-order valence-corrected chi connectivity index (χ3v) is 5.19. The van der Waals surface area contributed by atoms with Crippen LogP contribution in [0.4, 0.5) is 16.2 Å². The Bertz CT molecular complexity index is 779. The predicted octanol–water partition coefficient (Wildman–Crippen LogP) is 3.68. The average Bonchev–Trinajstić information content (AvgIpc) is 2.73. The third kappa shape index (κ3) is 5.53. The number of hydrogen-bond donors (Lipinski definition) is 2. The molecule has 0 radical (unpaired) electrons. The van der Waals surface area contributed by atoms with E-state index >= 15 is 0 Å². The van der Waals surface area contributed by atoms with Crippen LogP contribution in [0.15, 0.2) is 48.5 Å². The molecule has 28 heavy (non-hydrogen) atoms. The molecule has 1 saturated heterocycles. The summed E-state index contributed by atoms with van der Waals surface area (Å²) in [4.78, 5) is 16.8. The lowest BCUT2D eigenvalue weighted by atomic mass is 10.2. The maximum Gasteiger partial charge on any atom is 0.319 e. The van der Waals surface area contributed by atoms with Gasteiger partial charge in [0.05, 0.1) is 23.5 Å². The van der Waals surface area contributed by atoms with Crippen molar-refractivity contribution >= 4 is 29.0 Å². The lowest BCUT2D eigenvalue weighted by molar-refractivity contribution is 0.244. The van der Waals surface area contributed by atoms with Crippen molar-refractivity contribution in [3.8, 4) is 5.75 Å². The van der Waals surface area contributed by atoms with Crippen molar-refractivity contribution in [3.63, 3.8) is 0 Å². The van der Waals surface area contributed by atoms with Gasteiger partial charge in [0.1, 0.15) is 5.75 Å². The Morgan fingerprint density at radius 3 is 2.54 bits per heavy atom. The molecule has 1 aliphatic rings. The minimum absolute atomic E-state index is 0.228. The van der Waals surface area contributed by atoms with E-state index < -0.39 is 0 Å². The summed E-state index contributed by atoms with van der Waals surface area (Å²) in [7, 11) is 1.71. The minimum atomic E-state index is -0.228. The first-order valence-corrected chi connectivity index (χ1v) is 9.95.